The summed E-state index contributed by atoms with van der Waals surface area (Å²) in [6, 6.07) is 10.8. The number of anilines is 2. The Balaban J connectivity index is 0.744. The number of fused-ring (bicyclic) bond motifs is 3. The standard InChI is InChI=1S/C44H46N10O6/c55-37-13-12-35(41(57)48-37)54-42(58)30-4-1-5-34(38(30)43(54)59)51-24-44(25-51)14-2-16-50(23-44)28-8-10-29(11-9-28)53-21-27-18-33(36(19-32(27)49-53)60-22-26-6-7-26)47-40(56)31-20-46-52-17-3-15-45-39(31)52/h1,3-5,15,17-21,26,28-29,35H,2,6-14,16,22-25H2,(H,47,56)(H,48,55,57). The van der Waals surface area contributed by atoms with E-state index < -0.39 is 23.8 Å². The van der Waals surface area contributed by atoms with Gasteiger partial charge < -0.3 is 15.0 Å². The molecule has 0 radical (unpaired) electrons. The molecule has 16 nitrogen and oxygen atoms in total. The summed E-state index contributed by atoms with van der Waals surface area (Å²) < 4.78 is 9.97. The van der Waals surface area contributed by atoms with Crippen molar-refractivity contribution in [3.8, 4) is 5.75 Å². The molecule has 308 valence electrons. The second-order valence-electron chi connectivity index (χ2n) is 17.7. The van der Waals surface area contributed by atoms with Gasteiger partial charge in [-0.3, -0.25) is 43.8 Å². The van der Waals surface area contributed by atoms with Crippen LogP contribution in [0.3, 0.4) is 0 Å². The summed E-state index contributed by atoms with van der Waals surface area (Å²) in [4.78, 5) is 75.4. The Bertz CT molecular complexity index is 2600. The molecule has 5 amide bonds. The van der Waals surface area contributed by atoms with Gasteiger partial charge in [-0.15, -0.1) is 0 Å². The van der Waals surface area contributed by atoms with E-state index in [1.54, 1.807) is 29.0 Å². The van der Waals surface area contributed by atoms with E-state index in [9.17, 15) is 24.0 Å². The maximum Gasteiger partial charge on any atom is 0.264 e. The number of carbonyl (C=O) groups excluding carboxylic acids is 5. The van der Waals surface area contributed by atoms with Crippen LogP contribution in [0.4, 0.5) is 11.4 Å². The van der Waals surface area contributed by atoms with Gasteiger partial charge in [0.15, 0.2) is 5.65 Å². The highest BCUT2D eigenvalue weighted by Crippen LogP contribution is 2.46. The topological polar surface area (TPSA) is 176 Å². The van der Waals surface area contributed by atoms with E-state index in [0.29, 0.717) is 52.3 Å². The predicted molar refractivity (Wildman–Crippen MR) is 219 cm³/mol. The number of likely N-dealkylation sites (tertiary alicyclic amines) is 1. The lowest BCUT2D eigenvalue weighted by Gasteiger charge is -2.57. The van der Waals surface area contributed by atoms with Gasteiger partial charge in [0, 0.05) is 67.6 Å². The van der Waals surface area contributed by atoms with Gasteiger partial charge in [-0.2, -0.15) is 10.2 Å². The molecule has 16 heteroatoms. The Morgan fingerprint density at radius 3 is 2.60 bits per heavy atom. The molecule has 3 saturated heterocycles. The summed E-state index contributed by atoms with van der Waals surface area (Å²) in [7, 11) is 0. The molecule has 2 saturated carbocycles. The fraction of sp³-hybridized carbons (Fsp3) is 0.455. The van der Waals surface area contributed by atoms with E-state index in [1.165, 1.54) is 6.20 Å². The number of imide groups is 2. The van der Waals surface area contributed by atoms with E-state index >= 15 is 0 Å². The van der Waals surface area contributed by atoms with Gasteiger partial charge in [0.2, 0.25) is 11.8 Å². The Labute approximate surface area is 345 Å². The van der Waals surface area contributed by atoms with Crippen molar-refractivity contribution >= 4 is 57.5 Å². The van der Waals surface area contributed by atoms with Crippen LogP contribution in [0.1, 0.15) is 101 Å². The highest BCUT2D eigenvalue weighted by molar-refractivity contribution is 6.25. The highest BCUT2D eigenvalue weighted by atomic mass is 16.5. The van der Waals surface area contributed by atoms with Crippen LogP contribution in [0.5, 0.6) is 5.75 Å². The zero-order valence-corrected chi connectivity index (χ0v) is 33.2. The molecule has 5 fully saturated rings. The molecule has 2 N–H and O–H groups in total. The second kappa shape index (κ2) is 14.2. The monoisotopic (exact) mass is 810 g/mol. The zero-order chi connectivity index (χ0) is 40.7. The second-order valence-corrected chi connectivity index (χ2v) is 17.7. The van der Waals surface area contributed by atoms with Crippen molar-refractivity contribution < 1.29 is 28.7 Å². The third kappa shape index (κ3) is 6.39. The van der Waals surface area contributed by atoms with Crippen LogP contribution in [-0.2, 0) is 9.59 Å². The van der Waals surface area contributed by atoms with Gasteiger partial charge in [0.1, 0.15) is 17.4 Å². The van der Waals surface area contributed by atoms with Crippen LogP contribution in [0, 0.1) is 11.3 Å². The van der Waals surface area contributed by atoms with E-state index in [4.69, 9.17) is 9.84 Å². The van der Waals surface area contributed by atoms with Gasteiger partial charge in [-0.05, 0) is 94.5 Å². The van der Waals surface area contributed by atoms with Gasteiger partial charge in [-0.25, -0.2) is 9.50 Å². The van der Waals surface area contributed by atoms with Crippen LogP contribution >= 0.6 is 0 Å². The average Bonchev–Trinajstić information content (AvgIpc) is 3.73. The minimum absolute atomic E-state index is 0.0920. The van der Waals surface area contributed by atoms with Crippen molar-refractivity contribution in [2.45, 2.75) is 82.3 Å². The average molecular weight is 811 g/mol. The first kappa shape index (κ1) is 36.9. The molecule has 6 aliphatic rings. The van der Waals surface area contributed by atoms with Gasteiger partial charge in [-0.1, -0.05) is 6.07 Å². The number of carbonyl (C=O) groups is 5. The minimum atomic E-state index is -0.982. The zero-order valence-electron chi connectivity index (χ0n) is 33.2. The van der Waals surface area contributed by atoms with Crippen molar-refractivity contribution in [2.24, 2.45) is 11.3 Å². The van der Waals surface area contributed by atoms with Crippen LogP contribution in [0.2, 0.25) is 0 Å². The summed E-state index contributed by atoms with van der Waals surface area (Å²) in [6.45, 7) is 4.28. The number of hydrogen-bond acceptors (Lipinski definition) is 11. The van der Waals surface area contributed by atoms with Gasteiger partial charge in [0.05, 0.1) is 46.9 Å². The molecule has 1 spiro atoms. The lowest BCUT2D eigenvalue weighted by atomic mass is 9.72. The van der Waals surface area contributed by atoms with E-state index in [1.807, 2.05) is 24.3 Å². The number of aromatic nitrogens is 5. The molecule has 2 aliphatic carbocycles. The summed E-state index contributed by atoms with van der Waals surface area (Å²) in [6.07, 6.45) is 16.0. The molecule has 5 aromatic rings. The van der Waals surface area contributed by atoms with E-state index in [2.05, 4.69) is 41.4 Å². The Morgan fingerprint density at radius 2 is 1.78 bits per heavy atom. The van der Waals surface area contributed by atoms with Crippen molar-refractivity contribution in [1.29, 1.82) is 0 Å². The Kier molecular flexibility index (Phi) is 8.76. The number of hydrogen-bond donors (Lipinski definition) is 2. The summed E-state index contributed by atoms with van der Waals surface area (Å²) in [5, 5.41) is 15.6. The van der Waals surface area contributed by atoms with E-state index in [-0.39, 0.29) is 36.1 Å². The largest absolute Gasteiger partial charge is 0.491 e. The van der Waals surface area contributed by atoms with Crippen molar-refractivity contribution in [1.82, 2.24) is 39.5 Å². The van der Waals surface area contributed by atoms with Crippen LogP contribution in [0.15, 0.2) is 61.2 Å². The maximum absolute atomic E-state index is 13.8. The third-order valence-corrected chi connectivity index (χ3v) is 13.7. The maximum atomic E-state index is 13.8. The molecular weight excluding hydrogens is 765 g/mol. The molecule has 3 aromatic heterocycles. The molecule has 7 heterocycles. The number of nitrogens with zero attached hydrogens (tertiary/aromatic N) is 8. The normalized spacial score (nSPS) is 24.2. The molecule has 0 bridgehead atoms. The molecular formula is C44H46N10O6. The first-order valence-electron chi connectivity index (χ1n) is 21.3. The fourth-order valence-electron chi connectivity index (χ4n) is 10.3. The summed E-state index contributed by atoms with van der Waals surface area (Å²) in [5.41, 5.74) is 3.86. The predicted octanol–water partition coefficient (Wildman–Crippen LogP) is 4.61. The lowest BCUT2D eigenvalue weighted by Crippen LogP contribution is -2.64. The first-order valence-corrected chi connectivity index (χ1v) is 21.3. The molecule has 11 rings (SSSR count). The molecule has 60 heavy (non-hydrogen) atoms. The third-order valence-electron chi connectivity index (χ3n) is 13.7. The Morgan fingerprint density at radius 1 is 0.950 bits per heavy atom. The SMILES string of the molecule is O=C1CCC(N2C(=O)c3cccc(N4CC5(CCCN(C6CCC(n7cc8cc(NC(=O)c9cnn%10cccnc9%10)c(OCC9CC9)cc8n7)CC6)C5)C4)c3C2=O)C(=O)N1. The molecule has 4 aliphatic heterocycles. The fourth-order valence-corrected chi connectivity index (χ4v) is 10.3. The quantitative estimate of drug-likeness (QED) is 0.199. The number of ether oxygens (including phenoxy) is 1. The smallest absolute Gasteiger partial charge is 0.264 e. The van der Waals surface area contributed by atoms with Gasteiger partial charge >= 0.3 is 0 Å². The number of rotatable bonds is 9. The van der Waals surface area contributed by atoms with E-state index in [0.717, 1.165) is 99.0 Å². The van der Waals surface area contributed by atoms with Crippen LogP contribution < -0.4 is 20.3 Å². The summed E-state index contributed by atoms with van der Waals surface area (Å²) >= 11 is 0. The number of benzene rings is 2. The van der Waals surface area contributed by atoms with Crippen molar-refractivity contribution in [3.05, 3.63) is 77.9 Å². The number of piperidine rings is 2. The number of amides is 5. The lowest BCUT2D eigenvalue weighted by molar-refractivity contribution is -0.136. The first-order chi connectivity index (χ1) is 29.2. The van der Waals surface area contributed by atoms with Crippen LogP contribution in [0.25, 0.3) is 16.6 Å². The Hall–Kier alpha value is -6.16. The van der Waals surface area contributed by atoms with Crippen molar-refractivity contribution in [2.75, 3.05) is 43.0 Å². The summed E-state index contributed by atoms with van der Waals surface area (Å²) in [5.74, 6) is -1.06. The molecule has 1 unspecified atom stereocenters. The molecule has 2 aromatic carbocycles. The van der Waals surface area contributed by atoms with Gasteiger partial charge in [0.25, 0.3) is 17.7 Å². The molecule has 1 atom stereocenters. The minimum Gasteiger partial charge on any atom is -0.491 e. The highest BCUT2D eigenvalue weighted by Gasteiger charge is 2.51. The van der Waals surface area contributed by atoms with Crippen LogP contribution in [-0.4, -0.2) is 109 Å². The number of nitrogens with one attached hydrogen (secondary N) is 2. The van der Waals surface area contributed by atoms with Crippen molar-refractivity contribution in [3.63, 3.8) is 0 Å².